The lowest BCUT2D eigenvalue weighted by molar-refractivity contribution is -0.112. The van der Waals surface area contributed by atoms with Crippen molar-refractivity contribution >= 4 is 23.3 Å². The number of rotatable bonds is 5. The minimum Gasteiger partial charge on any atom is -0.478 e. The van der Waals surface area contributed by atoms with E-state index in [0.29, 0.717) is 0 Å². The summed E-state index contributed by atoms with van der Waals surface area (Å²) in [6, 6.07) is 9.74. The Morgan fingerprint density at radius 3 is 2.60 bits per heavy atom. The molecule has 2 rings (SSSR count). The Balaban J connectivity index is 2.15. The minimum absolute atomic E-state index is 0.0414. The van der Waals surface area contributed by atoms with E-state index < -0.39 is 29.1 Å². The molecule has 6 nitrogen and oxygen atoms in total. The molecule has 0 fully saturated rings. The summed E-state index contributed by atoms with van der Waals surface area (Å²) in [7, 11) is 0. The van der Waals surface area contributed by atoms with E-state index in [9.17, 15) is 18.4 Å². The maximum Gasteiger partial charge on any atom is 0.335 e. The molecule has 8 heteroatoms. The van der Waals surface area contributed by atoms with Crippen LogP contribution in [0.15, 0.2) is 54.2 Å². The Labute approximate surface area is 141 Å². The maximum absolute atomic E-state index is 13.5. The van der Waals surface area contributed by atoms with Crippen molar-refractivity contribution in [2.45, 2.75) is 0 Å². The van der Waals surface area contributed by atoms with Crippen molar-refractivity contribution in [3.05, 3.63) is 71.4 Å². The van der Waals surface area contributed by atoms with Crippen molar-refractivity contribution in [2.24, 2.45) is 0 Å². The van der Waals surface area contributed by atoms with Crippen LogP contribution in [0.4, 0.5) is 20.2 Å². The van der Waals surface area contributed by atoms with Gasteiger partial charge in [0.2, 0.25) is 0 Å². The van der Waals surface area contributed by atoms with Crippen LogP contribution in [0.25, 0.3) is 0 Å². The fourth-order valence-electron chi connectivity index (χ4n) is 1.84. The quantitative estimate of drug-likeness (QED) is 0.572. The second-order valence-electron chi connectivity index (χ2n) is 4.78. The summed E-state index contributed by atoms with van der Waals surface area (Å²) < 4.78 is 26.6. The Bertz CT molecular complexity index is 904. The predicted octanol–water partition coefficient (Wildman–Crippen LogP) is 3.12. The molecule has 0 atom stereocenters. The zero-order valence-corrected chi connectivity index (χ0v) is 12.6. The lowest BCUT2D eigenvalue weighted by Gasteiger charge is -2.06. The first-order chi connectivity index (χ1) is 11.9. The van der Waals surface area contributed by atoms with Crippen LogP contribution in [0.5, 0.6) is 0 Å². The number of benzene rings is 2. The smallest absolute Gasteiger partial charge is 0.335 e. The highest BCUT2D eigenvalue weighted by molar-refractivity contribution is 6.07. The molecule has 2 aromatic rings. The lowest BCUT2D eigenvalue weighted by atomic mass is 10.2. The Morgan fingerprint density at radius 1 is 1.16 bits per heavy atom. The lowest BCUT2D eigenvalue weighted by Crippen LogP contribution is -2.15. The molecule has 0 saturated heterocycles. The Morgan fingerprint density at radius 2 is 1.92 bits per heavy atom. The van der Waals surface area contributed by atoms with Gasteiger partial charge in [-0.1, -0.05) is 6.07 Å². The number of halogens is 2. The second kappa shape index (κ2) is 7.70. The van der Waals surface area contributed by atoms with Crippen LogP contribution in [0.2, 0.25) is 0 Å². The van der Waals surface area contributed by atoms with Gasteiger partial charge in [-0.25, -0.2) is 13.6 Å². The van der Waals surface area contributed by atoms with E-state index in [1.165, 1.54) is 24.3 Å². The number of nitrogens with one attached hydrogen (secondary N) is 2. The van der Waals surface area contributed by atoms with Gasteiger partial charge in [-0.15, -0.1) is 0 Å². The Hall–Kier alpha value is -3.73. The van der Waals surface area contributed by atoms with E-state index >= 15 is 0 Å². The van der Waals surface area contributed by atoms with Gasteiger partial charge >= 0.3 is 5.97 Å². The summed E-state index contributed by atoms with van der Waals surface area (Å²) in [6.45, 7) is 0. The summed E-state index contributed by atoms with van der Waals surface area (Å²) in [5, 5.41) is 22.6. The zero-order chi connectivity index (χ0) is 18.4. The number of hydrogen-bond donors (Lipinski definition) is 3. The Kier molecular flexibility index (Phi) is 5.43. The van der Waals surface area contributed by atoms with Gasteiger partial charge in [-0.3, -0.25) is 4.79 Å². The highest BCUT2D eigenvalue weighted by Gasteiger charge is 2.11. The van der Waals surface area contributed by atoms with Gasteiger partial charge < -0.3 is 15.7 Å². The van der Waals surface area contributed by atoms with Gasteiger partial charge in [0.25, 0.3) is 5.91 Å². The van der Waals surface area contributed by atoms with Crippen molar-refractivity contribution in [2.75, 3.05) is 10.6 Å². The van der Waals surface area contributed by atoms with Crippen LogP contribution in [0.1, 0.15) is 10.4 Å². The number of carboxylic acids is 1. The second-order valence-corrected chi connectivity index (χ2v) is 4.78. The predicted molar refractivity (Wildman–Crippen MR) is 85.7 cm³/mol. The van der Waals surface area contributed by atoms with Crippen molar-refractivity contribution in [1.29, 1.82) is 5.26 Å². The average molecular weight is 343 g/mol. The zero-order valence-electron chi connectivity index (χ0n) is 12.6. The third-order valence-electron chi connectivity index (χ3n) is 3.03. The molecular formula is C17H11F2N3O3. The van der Waals surface area contributed by atoms with Crippen LogP contribution < -0.4 is 10.6 Å². The summed E-state index contributed by atoms with van der Waals surface area (Å²) in [5.41, 5.74) is -0.527. The highest BCUT2D eigenvalue weighted by atomic mass is 19.1. The maximum atomic E-state index is 13.5. The summed E-state index contributed by atoms with van der Waals surface area (Å²) in [6.07, 6.45) is 0.925. The third kappa shape index (κ3) is 4.62. The molecular weight excluding hydrogens is 332 g/mol. The monoisotopic (exact) mass is 343 g/mol. The topological polar surface area (TPSA) is 102 Å². The summed E-state index contributed by atoms with van der Waals surface area (Å²) >= 11 is 0. The molecule has 0 aliphatic heterocycles. The first-order valence-electron chi connectivity index (χ1n) is 6.87. The van der Waals surface area contributed by atoms with Crippen molar-refractivity contribution in [3.8, 4) is 6.07 Å². The first kappa shape index (κ1) is 17.6. The number of nitrogens with zero attached hydrogens (tertiary/aromatic N) is 1. The van der Waals surface area contributed by atoms with Gasteiger partial charge in [0.05, 0.1) is 11.3 Å². The molecule has 126 valence electrons. The van der Waals surface area contributed by atoms with E-state index in [1.807, 2.05) is 0 Å². The number of anilines is 2. The van der Waals surface area contributed by atoms with E-state index in [-0.39, 0.29) is 16.9 Å². The standard InChI is InChI=1S/C17H11F2N3O3/c18-12-4-5-14(19)15(7-12)21-9-11(8-20)16(23)22-13-3-1-2-10(6-13)17(24)25/h1-7,9,21H,(H,22,23)(H,24,25)/b11-9-. The minimum atomic E-state index is -1.17. The number of aromatic carboxylic acids is 1. The van der Waals surface area contributed by atoms with Crippen molar-refractivity contribution < 1.29 is 23.5 Å². The molecule has 0 radical (unpaired) electrons. The van der Waals surface area contributed by atoms with Crippen LogP contribution in [0.3, 0.4) is 0 Å². The molecule has 0 aromatic heterocycles. The summed E-state index contributed by atoms with van der Waals surface area (Å²) in [4.78, 5) is 22.9. The van der Waals surface area contributed by atoms with E-state index in [4.69, 9.17) is 10.4 Å². The molecule has 0 heterocycles. The summed E-state index contributed by atoms with van der Waals surface area (Å²) in [5.74, 6) is -3.46. The van der Waals surface area contributed by atoms with Crippen molar-refractivity contribution in [1.82, 2.24) is 0 Å². The molecule has 0 aliphatic carbocycles. The molecule has 3 N–H and O–H groups in total. The van der Waals surface area contributed by atoms with E-state index in [1.54, 1.807) is 6.07 Å². The molecule has 2 aromatic carbocycles. The number of carbonyl (C=O) groups excluding carboxylic acids is 1. The fourth-order valence-corrected chi connectivity index (χ4v) is 1.84. The van der Waals surface area contributed by atoms with Gasteiger partial charge in [-0.2, -0.15) is 5.26 Å². The van der Waals surface area contributed by atoms with Crippen LogP contribution in [-0.4, -0.2) is 17.0 Å². The average Bonchev–Trinajstić information content (AvgIpc) is 2.58. The molecule has 0 aliphatic rings. The molecule has 0 saturated carbocycles. The van der Waals surface area contributed by atoms with Crippen LogP contribution >= 0.6 is 0 Å². The van der Waals surface area contributed by atoms with E-state index in [2.05, 4.69) is 10.6 Å². The van der Waals surface area contributed by atoms with Crippen LogP contribution in [0, 0.1) is 23.0 Å². The molecule has 0 unspecified atom stereocenters. The molecule has 0 spiro atoms. The fraction of sp³-hybridized carbons (Fsp3) is 0. The normalized spacial score (nSPS) is 10.7. The van der Waals surface area contributed by atoms with Gasteiger partial charge in [0.15, 0.2) is 0 Å². The third-order valence-corrected chi connectivity index (χ3v) is 3.03. The highest BCUT2D eigenvalue weighted by Crippen LogP contribution is 2.16. The van der Waals surface area contributed by atoms with Gasteiger partial charge in [-0.05, 0) is 30.3 Å². The van der Waals surface area contributed by atoms with Crippen molar-refractivity contribution in [3.63, 3.8) is 0 Å². The molecule has 1 amide bonds. The number of nitriles is 1. The van der Waals surface area contributed by atoms with Gasteiger partial charge in [0.1, 0.15) is 23.3 Å². The molecule has 0 bridgehead atoms. The number of amides is 1. The van der Waals surface area contributed by atoms with Gasteiger partial charge in [0, 0.05) is 18.0 Å². The molecule has 25 heavy (non-hydrogen) atoms. The van der Waals surface area contributed by atoms with E-state index in [0.717, 1.165) is 24.4 Å². The number of carboxylic acid groups (broad SMARTS) is 1. The van der Waals surface area contributed by atoms with Crippen LogP contribution in [-0.2, 0) is 4.79 Å². The number of carbonyl (C=O) groups is 2. The first-order valence-corrected chi connectivity index (χ1v) is 6.87. The SMILES string of the molecule is N#C/C(=C/Nc1cc(F)ccc1F)C(=O)Nc1cccc(C(=O)O)c1. The largest absolute Gasteiger partial charge is 0.478 e. The number of hydrogen-bond acceptors (Lipinski definition) is 4.